The number of aliphatic carboxylic acids is 1. The molecule has 1 rings (SSSR count). The Kier molecular flexibility index (Phi) is 14.6. The lowest BCUT2D eigenvalue weighted by molar-refractivity contribution is -0.168. The van der Waals surface area contributed by atoms with Gasteiger partial charge in [-0.05, 0) is 25.3 Å². The molecule has 0 aliphatic heterocycles. The zero-order valence-electron chi connectivity index (χ0n) is 19.0. The van der Waals surface area contributed by atoms with Crippen LogP contribution in [0, 0.1) is 0 Å². The highest BCUT2D eigenvalue weighted by atomic mass is 16.5. The van der Waals surface area contributed by atoms with Gasteiger partial charge in [-0.2, -0.15) is 0 Å². The second-order valence-corrected chi connectivity index (χ2v) is 8.28. The normalized spacial score (nSPS) is 13.3. The lowest BCUT2D eigenvalue weighted by Gasteiger charge is -2.30. The summed E-state index contributed by atoms with van der Waals surface area (Å²) in [6.07, 6.45) is 18.7. The van der Waals surface area contributed by atoms with Crippen LogP contribution in [-0.2, 0) is 15.1 Å². The number of hydrogen-bond donors (Lipinski definition) is 1. The number of carbonyl (C=O) groups is 1. The Morgan fingerprint density at radius 3 is 1.62 bits per heavy atom. The molecule has 0 radical (unpaired) electrons. The SMILES string of the molecule is CCCCCCCCCCCCCCCCC(OCC)(C(=O)O)c1ccccc1. The van der Waals surface area contributed by atoms with Crippen LogP contribution >= 0.6 is 0 Å². The van der Waals surface area contributed by atoms with E-state index < -0.39 is 11.6 Å². The van der Waals surface area contributed by atoms with Crippen molar-refractivity contribution in [3.8, 4) is 0 Å². The molecule has 0 aliphatic carbocycles. The molecule has 0 aliphatic rings. The zero-order chi connectivity index (χ0) is 21.2. The van der Waals surface area contributed by atoms with Gasteiger partial charge in [-0.25, -0.2) is 4.79 Å². The predicted octanol–water partition coefficient (Wildman–Crippen LogP) is 7.87. The van der Waals surface area contributed by atoms with Gasteiger partial charge in [-0.1, -0.05) is 121 Å². The van der Waals surface area contributed by atoms with E-state index in [0.717, 1.165) is 18.4 Å². The first kappa shape index (κ1) is 25.7. The van der Waals surface area contributed by atoms with Crippen LogP contribution in [0.15, 0.2) is 30.3 Å². The van der Waals surface area contributed by atoms with Crippen LogP contribution in [0.4, 0.5) is 0 Å². The molecule has 29 heavy (non-hydrogen) atoms. The summed E-state index contributed by atoms with van der Waals surface area (Å²) in [5.41, 5.74) is -0.448. The molecule has 1 unspecified atom stereocenters. The minimum atomic E-state index is -1.20. The highest BCUT2D eigenvalue weighted by Crippen LogP contribution is 2.32. The van der Waals surface area contributed by atoms with E-state index in [1.807, 2.05) is 37.3 Å². The van der Waals surface area contributed by atoms with E-state index in [1.165, 1.54) is 77.0 Å². The molecule has 1 aromatic rings. The number of hydrogen-bond acceptors (Lipinski definition) is 2. The molecule has 0 bridgehead atoms. The van der Waals surface area contributed by atoms with Crippen molar-refractivity contribution in [3.63, 3.8) is 0 Å². The third-order valence-electron chi connectivity index (χ3n) is 5.86. The molecule has 166 valence electrons. The molecule has 1 atom stereocenters. The fraction of sp³-hybridized carbons (Fsp3) is 0.731. The molecular weight excluding hydrogens is 360 g/mol. The highest BCUT2D eigenvalue weighted by molar-refractivity contribution is 5.79. The predicted molar refractivity (Wildman–Crippen MR) is 122 cm³/mol. The van der Waals surface area contributed by atoms with Crippen LogP contribution in [0.2, 0.25) is 0 Å². The topological polar surface area (TPSA) is 46.5 Å². The summed E-state index contributed by atoms with van der Waals surface area (Å²) in [5.74, 6) is -0.875. The number of carboxylic acids is 1. The van der Waals surface area contributed by atoms with Gasteiger partial charge in [0.05, 0.1) is 0 Å². The maximum atomic E-state index is 12.1. The van der Waals surface area contributed by atoms with Gasteiger partial charge < -0.3 is 9.84 Å². The Morgan fingerprint density at radius 1 is 0.759 bits per heavy atom. The van der Waals surface area contributed by atoms with Crippen molar-refractivity contribution in [2.24, 2.45) is 0 Å². The second kappa shape index (κ2) is 16.4. The molecule has 3 heteroatoms. The standard InChI is InChI=1S/C26H44O3/c1-3-5-6-7-8-9-10-11-12-13-14-15-16-20-23-26(25(27)28,29-4-2)24-21-18-17-19-22-24/h17-19,21-22H,3-16,20,23H2,1-2H3,(H,27,28). The lowest BCUT2D eigenvalue weighted by atomic mass is 9.87. The van der Waals surface area contributed by atoms with Gasteiger partial charge in [0.25, 0.3) is 0 Å². The molecule has 1 aromatic carbocycles. The third kappa shape index (κ3) is 10.3. The van der Waals surface area contributed by atoms with Crippen LogP contribution < -0.4 is 0 Å². The maximum Gasteiger partial charge on any atom is 0.340 e. The Hall–Kier alpha value is -1.35. The highest BCUT2D eigenvalue weighted by Gasteiger charge is 2.40. The minimum Gasteiger partial charge on any atom is -0.479 e. The first-order chi connectivity index (χ1) is 14.2. The number of unbranched alkanes of at least 4 members (excludes halogenated alkanes) is 13. The number of rotatable bonds is 19. The van der Waals surface area contributed by atoms with Crippen molar-refractivity contribution in [2.45, 2.75) is 116 Å². The van der Waals surface area contributed by atoms with Crippen molar-refractivity contribution in [1.29, 1.82) is 0 Å². The van der Waals surface area contributed by atoms with Crippen molar-refractivity contribution in [1.82, 2.24) is 0 Å². The molecule has 0 saturated heterocycles. The fourth-order valence-corrected chi connectivity index (χ4v) is 4.11. The van der Waals surface area contributed by atoms with E-state index in [1.54, 1.807) is 0 Å². The molecule has 0 amide bonds. The summed E-state index contributed by atoms with van der Waals surface area (Å²) < 4.78 is 5.79. The van der Waals surface area contributed by atoms with Gasteiger partial charge in [0, 0.05) is 6.61 Å². The Morgan fingerprint density at radius 2 is 1.21 bits per heavy atom. The van der Waals surface area contributed by atoms with Gasteiger partial charge in [-0.3, -0.25) is 0 Å². The van der Waals surface area contributed by atoms with E-state index in [4.69, 9.17) is 4.74 Å². The van der Waals surface area contributed by atoms with Gasteiger partial charge in [0.15, 0.2) is 5.60 Å². The first-order valence-electron chi connectivity index (χ1n) is 12.1. The molecule has 0 fully saturated rings. The summed E-state index contributed by atoms with van der Waals surface area (Å²) in [6, 6.07) is 9.42. The third-order valence-corrected chi connectivity index (χ3v) is 5.86. The summed E-state index contributed by atoms with van der Waals surface area (Å²) in [5, 5.41) is 9.89. The average molecular weight is 405 g/mol. The number of benzene rings is 1. The second-order valence-electron chi connectivity index (χ2n) is 8.28. The van der Waals surface area contributed by atoms with Gasteiger partial charge in [-0.15, -0.1) is 0 Å². The van der Waals surface area contributed by atoms with Crippen molar-refractivity contribution in [3.05, 3.63) is 35.9 Å². The van der Waals surface area contributed by atoms with Gasteiger partial charge >= 0.3 is 5.97 Å². The molecule has 0 saturated carbocycles. The smallest absolute Gasteiger partial charge is 0.340 e. The first-order valence-corrected chi connectivity index (χ1v) is 12.1. The molecule has 3 nitrogen and oxygen atoms in total. The van der Waals surface area contributed by atoms with E-state index in [2.05, 4.69) is 6.92 Å². The summed E-state index contributed by atoms with van der Waals surface area (Å²) in [7, 11) is 0. The largest absolute Gasteiger partial charge is 0.479 e. The van der Waals surface area contributed by atoms with Crippen LogP contribution in [-0.4, -0.2) is 17.7 Å². The molecular formula is C26H44O3. The Balaban J connectivity index is 2.16. The van der Waals surface area contributed by atoms with Crippen LogP contribution in [0.5, 0.6) is 0 Å². The fourth-order valence-electron chi connectivity index (χ4n) is 4.11. The zero-order valence-corrected chi connectivity index (χ0v) is 19.0. The Labute approximate surface area is 179 Å². The minimum absolute atomic E-state index is 0.403. The van der Waals surface area contributed by atoms with E-state index in [-0.39, 0.29) is 0 Å². The number of ether oxygens (including phenoxy) is 1. The summed E-state index contributed by atoms with van der Waals surface area (Å²) in [4.78, 5) is 12.1. The van der Waals surface area contributed by atoms with Gasteiger partial charge in [0.1, 0.15) is 0 Å². The van der Waals surface area contributed by atoms with Crippen LogP contribution in [0.25, 0.3) is 0 Å². The monoisotopic (exact) mass is 404 g/mol. The quantitative estimate of drug-likeness (QED) is 0.239. The Bertz CT molecular complexity index is 514. The molecule has 1 N–H and O–H groups in total. The molecule has 0 spiro atoms. The molecule has 0 heterocycles. The number of carboxylic acid groups (broad SMARTS) is 1. The van der Waals surface area contributed by atoms with Crippen molar-refractivity contribution in [2.75, 3.05) is 6.61 Å². The van der Waals surface area contributed by atoms with E-state index in [9.17, 15) is 9.90 Å². The molecule has 0 aromatic heterocycles. The average Bonchev–Trinajstić information content (AvgIpc) is 2.73. The van der Waals surface area contributed by atoms with Crippen molar-refractivity contribution >= 4 is 5.97 Å². The summed E-state index contributed by atoms with van der Waals surface area (Å²) >= 11 is 0. The summed E-state index contributed by atoms with van der Waals surface area (Å²) in [6.45, 7) is 4.54. The van der Waals surface area contributed by atoms with Crippen molar-refractivity contribution < 1.29 is 14.6 Å². The van der Waals surface area contributed by atoms with E-state index >= 15 is 0 Å². The van der Waals surface area contributed by atoms with Crippen LogP contribution in [0.1, 0.15) is 116 Å². The maximum absolute atomic E-state index is 12.1. The lowest BCUT2D eigenvalue weighted by Crippen LogP contribution is -2.39. The van der Waals surface area contributed by atoms with Gasteiger partial charge in [0.2, 0.25) is 0 Å². The van der Waals surface area contributed by atoms with Crippen LogP contribution in [0.3, 0.4) is 0 Å². The van der Waals surface area contributed by atoms with E-state index in [0.29, 0.717) is 13.0 Å².